The molecule has 1 aromatic rings. The number of hydrogen-bond donors (Lipinski definition) is 1. The maximum Gasteiger partial charge on any atom is 0.106 e. The molecule has 0 aliphatic carbocycles. The minimum atomic E-state index is 1.05. The monoisotopic (exact) mass is 153 g/mol. The number of nitrogens with zero attached hydrogens (tertiary/aromatic N) is 2. The predicted octanol–water partition coefficient (Wildman–Crippen LogP) is 0.904. The zero-order valence-corrected chi connectivity index (χ0v) is 7.17. The third-order valence-corrected chi connectivity index (χ3v) is 1.57. The Morgan fingerprint density at radius 3 is 2.91 bits per heavy atom. The van der Waals surface area contributed by atoms with Gasteiger partial charge in [-0.15, -0.1) is 0 Å². The van der Waals surface area contributed by atoms with E-state index in [1.54, 1.807) is 6.20 Å². The molecule has 0 unspecified atom stereocenters. The lowest BCUT2D eigenvalue weighted by Gasteiger charge is -2.07. The van der Waals surface area contributed by atoms with Crippen molar-refractivity contribution >= 4 is 0 Å². The molecule has 0 bridgehead atoms. The van der Waals surface area contributed by atoms with Crippen molar-refractivity contribution in [2.75, 3.05) is 20.6 Å². The molecule has 0 saturated heterocycles. The number of nitrogens with one attached hydrogen (secondary N) is 1. The van der Waals surface area contributed by atoms with Crippen LogP contribution in [-0.4, -0.2) is 35.5 Å². The standard InChI is InChI=1S/C8H15N3/c1-11(2)7-3-4-8-9-5-6-10-8/h5-6H,3-4,7H2,1-2H3,(H,9,10). The van der Waals surface area contributed by atoms with E-state index in [9.17, 15) is 0 Å². The zero-order valence-electron chi connectivity index (χ0n) is 7.17. The van der Waals surface area contributed by atoms with E-state index in [4.69, 9.17) is 0 Å². The number of imidazole rings is 1. The maximum absolute atomic E-state index is 4.14. The molecule has 0 radical (unpaired) electrons. The third kappa shape index (κ3) is 3.18. The Labute approximate surface area is 67.4 Å². The fraction of sp³-hybridized carbons (Fsp3) is 0.625. The minimum absolute atomic E-state index is 1.05. The van der Waals surface area contributed by atoms with Gasteiger partial charge < -0.3 is 9.88 Å². The van der Waals surface area contributed by atoms with Crippen molar-refractivity contribution in [3.8, 4) is 0 Å². The van der Waals surface area contributed by atoms with Crippen molar-refractivity contribution in [3.63, 3.8) is 0 Å². The number of hydrogen-bond acceptors (Lipinski definition) is 2. The minimum Gasteiger partial charge on any atom is -0.349 e. The number of aromatic amines is 1. The Morgan fingerprint density at radius 2 is 2.36 bits per heavy atom. The Morgan fingerprint density at radius 1 is 1.55 bits per heavy atom. The summed E-state index contributed by atoms with van der Waals surface area (Å²) in [6.45, 7) is 1.13. The summed E-state index contributed by atoms with van der Waals surface area (Å²) in [5.74, 6) is 1.09. The van der Waals surface area contributed by atoms with Gasteiger partial charge in [0.1, 0.15) is 5.82 Å². The molecule has 0 saturated carbocycles. The Hall–Kier alpha value is -0.830. The molecule has 0 aliphatic heterocycles. The van der Waals surface area contributed by atoms with E-state index >= 15 is 0 Å². The molecule has 0 spiro atoms. The van der Waals surface area contributed by atoms with Crippen molar-refractivity contribution in [1.29, 1.82) is 0 Å². The first-order valence-corrected chi connectivity index (χ1v) is 3.92. The summed E-state index contributed by atoms with van der Waals surface area (Å²) in [6.07, 6.45) is 5.88. The summed E-state index contributed by atoms with van der Waals surface area (Å²) in [4.78, 5) is 9.40. The van der Waals surface area contributed by atoms with Gasteiger partial charge >= 0.3 is 0 Å². The van der Waals surface area contributed by atoms with Crippen LogP contribution in [0.15, 0.2) is 12.4 Å². The van der Waals surface area contributed by atoms with Crippen molar-refractivity contribution in [1.82, 2.24) is 14.9 Å². The fourth-order valence-electron chi connectivity index (χ4n) is 0.997. The molecule has 0 amide bonds. The lowest BCUT2D eigenvalue weighted by molar-refractivity contribution is 0.399. The van der Waals surface area contributed by atoms with Gasteiger partial charge in [0.25, 0.3) is 0 Å². The third-order valence-electron chi connectivity index (χ3n) is 1.57. The first-order valence-electron chi connectivity index (χ1n) is 3.92. The van der Waals surface area contributed by atoms with Crippen LogP contribution in [0.25, 0.3) is 0 Å². The average molecular weight is 153 g/mol. The number of aryl methyl sites for hydroxylation is 1. The van der Waals surface area contributed by atoms with Gasteiger partial charge in [0.2, 0.25) is 0 Å². The van der Waals surface area contributed by atoms with Gasteiger partial charge in [0, 0.05) is 18.8 Å². The molecular weight excluding hydrogens is 138 g/mol. The number of aromatic nitrogens is 2. The van der Waals surface area contributed by atoms with E-state index < -0.39 is 0 Å². The molecule has 3 heteroatoms. The molecule has 1 heterocycles. The highest BCUT2D eigenvalue weighted by Gasteiger charge is 1.94. The second kappa shape index (κ2) is 4.13. The zero-order chi connectivity index (χ0) is 8.10. The normalized spacial score (nSPS) is 10.8. The van der Waals surface area contributed by atoms with Crippen LogP contribution in [0.2, 0.25) is 0 Å². The SMILES string of the molecule is CN(C)CCCc1ncc[nH]1. The smallest absolute Gasteiger partial charge is 0.106 e. The van der Waals surface area contributed by atoms with Crippen LogP contribution >= 0.6 is 0 Å². The van der Waals surface area contributed by atoms with Crippen LogP contribution in [0, 0.1) is 0 Å². The number of H-pyrrole nitrogens is 1. The summed E-state index contributed by atoms with van der Waals surface area (Å²) >= 11 is 0. The van der Waals surface area contributed by atoms with Crippen molar-refractivity contribution in [2.24, 2.45) is 0 Å². The van der Waals surface area contributed by atoms with Crippen LogP contribution in [0.1, 0.15) is 12.2 Å². The van der Waals surface area contributed by atoms with E-state index in [-0.39, 0.29) is 0 Å². The second-order valence-corrected chi connectivity index (χ2v) is 2.94. The van der Waals surface area contributed by atoms with E-state index in [0.717, 1.165) is 18.8 Å². The van der Waals surface area contributed by atoms with Crippen molar-refractivity contribution in [2.45, 2.75) is 12.8 Å². The van der Waals surface area contributed by atoms with E-state index in [1.807, 2.05) is 6.20 Å². The van der Waals surface area contributed by atoms with Crippen molar-refractivity contribution in [3.05, 3.63) is 18.2 Å². The quantitative estimate of drug-likeness (QED) is 0.697. The summed E-state index contributed by atoms with van der Waals surface area (Å²) in [5.41, 5.74) is 0. The van der Waals surface area contributed by atoms with Gasteiger partial charge in [0.05, 0.1) is 0 Å². The van der Waals surface area contributed by atoms with Gasteiger partial charge in [-0.1, -0.05) is 0 Å². The molecule has 0 aliphatic rings. The first kappa shape index (κ1) is 8.27. The van der Waals surface area contributed by atoms with E-state index in [0.29, 0.717) is 0 Å². The van der Waals surface area contributed by atoms with Crippen LogP contribution in [-0.2, 0) is 6.42 Å². The van der Waals surface area contributed by atoms with Gasteiger partial charge in [-0.25, -0.2) is 4.98 Å². The van der Waals surface area contributed by atoms with Gasteiger partial charge in [0.15, 0.2) is 0 Å². The molecule has 0 atom stereocenters. The molecule has 0 aromatic carbocycles. The molecule has 3 nitrogen and oxygen atoms in total. The van der Waals surface area contributed by atoms with E-state index in [1.165, 1.54) is 6.42 Å². The van der Waals surface area contributed by atoms with Crippen LogP contribution in [0.5, 0.6) is 0 Å². The maximum atomic E-state index is 4.14. The summed E-state index contributed by atoms with van der Waals surface area (Å²) in [5, 5.41) is 0. The fourth-order valence-corrected chi connectivity index (χ4v) is 0.997. The molecular formula is C8H15N3. The molecule has 0 fully saturated rings. The summed E-state index contributed by atoms with van der Waals surface area (Å²) in [7, 11) is 4.17. The first-order chi connectivity index (χ1) is 5.29. The lowest BCUT2D eigenvalue weighted by Crippen LogP contribution is -2.13. The van der Waals surface area contributed by atoms with Crippen molar-refractivity contribution < 1.29 is 0 Å². The summed E-state index contributed by atoms with van der Waals surface area (Å²) < 4.78 is 0. The molecule has 1 N–H and O–H groups in total. The Kier molecular flexibility index (Phi) is 3.11. The molecule has 11 heavy (non-hydrogen) atoms. The lowest BCUT2D eigenvalue weighted by atomic mass is 10.3. The highest BCUT2D eigenvalue weighted by Crippen LogP contribution is 1.94. The predicted molar refractivity (Wildman–Crippen MR) is 45.5 cm³/mol. The molecule has 62 valence electrons. The second-order valence-electron chi connectivity index (χ2n) is 2.94. The van der Waals surface area contributed by atoms with E-state index in [2.05, 4.69) is 29.0 Å². The summed E-state index contributed by atoms with van der Waals surface area (Å²) in [6, 6.07) is 0. The Bertz CT molecular complexity index is 179. The van der Waals surface area contributed by atoms with Crippen LogP contribution in [0.4, 0.5) is 0 Å². The van der Waals surface area contributed by atoms with Gasteiger partial charge in [-0.2, -0.15) is 0 Å². The molecule has 1 rings (SSSR count). The largest absolute Gasteiger partial charge is 0.349 e. The molecule has 1 aromatic heterocycles. The highest BCUT2D eigenvalue weighted by atomic mass is 15.0. The van der Waals surface area contributed by atoms with Gasteiger partial charge in [-0.05, 0) is 27.1 Å². The Balaban J connectivity index is 2.14. The van der Waals surface area contributed by atoms with Crippen LogP contribution in [0.3, 0.4) is 0 Å². The van der Waals surface area contributed by atoms with Gasteiger partial charge in [-0.3, -0.25) is 0 Å². The topological polar surface area (TPSA) is 31.9 Å². The number of rotatable bonds is 4. The highest BCUT2D eigenvalue weighted by molar-refractivity contribution is 4.86. The van der Waals surface area contributed by atoms with Crippen LogP contribution < -0.4 is 0 Å². The average Bonchev–Trinajstić information content (AvgIpc) is 2.39.